The lowest BCUT2D eigenvalue weighted by Crippen LogP contribution is -2.39. The molecule has 0 unspecified atom stereocenters. The van der Waals surface area contributed by atoms with Crippen LogP contribution in [-0.2, 0) is 33.0 Å². The van der Waals surface area contributed by atoms with Crippen molar-refractivity contribution in [1.82, 2.24) is 34.2 Å². The van der Waals surface area contributed by atoms with Gasteiger partial charge in [0.1, 0.15) is 22.8 Å². The SMILES string of the molecule is C=C(Cl)C(=O)Nc1cc(C(=O)Nc2cc(C(=O)Nc3cc(C(=O)Nc4cc(C(=O)NCCNC5=NCCN5)n(C)c4)n(C)c3)n(C)c2)n(C)c1.Cl. The molecule has 4 aromatic heterocycles. The highest BCUT2D eigenvalue weighted by atomic mass is 35.5. The lowest BCUT2D eigenvalue weighted by Gasteiger charge is -2.08. The van der Waals surface area contributed by atoms with E-state index in [-0.39, 0.29) is 40.4 Å². The van der Waals surface area contributed by atoms with Gasteiger partial charge >= 0.3 is 0 Å². The van der Waals surface area contributed by atoms with E-state index in [1.807, 2.05) is 0 Å². The fourth-order valence-electron chi connectivity index (χ4n) is 5.18. The highest BCUT2D eigenvalue weighted by Crippen LogP contribution is 2.21. The molecule has 0 fully saturated rings. The van der Waals surface area contributed by atoms with E-state index in [1.165, 1.54) is 22.8 Å². The van der Waals surface area contributed by atoms with Crippen LogP contribution >= 0.6 is 24.0 Å². The van der Waals surface area contributed by atoms with Crippen LogP contribution in [-0.4, -0.2) is 79.9 Å². The summed E-state index contributed by atoms with van der Waals surface area (Å²) in [4.78, 5) is 68.1. The van der Waals surface area contributed by atoms with Crippen molar-refractivity contribution in [2.75, 3.05) is 47.4 Å². The van der Waals surface area contributed by atoms with Crippen LogP contribution in [0.25, 0.3) is 0 Å². The van der Waals surface area contributed by atoms with E-state index >= 15 is 0 Å². The summed E-state index contributed by atoms with van der Waals surface area (Å²) in [6.07, 6.45) is 6.35. The molecule has 0 saturated carbocycles. The molecule has 5 amide bonds. The molecule has 0 saturated heterocycles. The lowest BCUT2D eigenvalue weighted by atomic mass is 10.3. The molecule has 5 rings (SSSR count). The van der Waals surface area contributed by atoms with Crippen molar-refractivity contribution in [2.45, 2.75) is 0 Å². The number of hydrogen-bond donors (Lipinski definition) is 7. The molecule has 0 aliphatic carbocycles. The van der Waals surface area contributed by atoms with E-state index in [0.717, 1.165) is 13.1 Å². The van der Waals surface area contributed by atoms with Crippen molar-refractivity contribution >= 4 is 82.3 Å². The van der Waals surface area contributed by atoms with E-state index in [9.17, 15) is 24.0 Å². The number of anilines is 4. The number of aryl methyl sites for hydroxylation is 4. The number of nitrogens with zero attached hydrogens (tertiary/aromatic N) is 5. The largest absolute Gasteiger partial charge is 0.355 e. The normalized spacial score (nSPS) is 11.8. The van der Waals surface area contributed by atoms with Gasteiger partial charge in [0.15, 0.2) is 5.96 Å². The summed E-state index contributed by atoms with van der Waals surface area (Å²) >= 11 is 5.62. The Morgan fingerprint density at radius 1 is 0.686 bits per heavy atom. The highest BCUT2D eigenvalue weighted by molar-refractivity contribution is 6.43. The van der Waals surface area contributed by atoms with E-state index < -0.39 is 23.6 Å². The Kier molecular flexibility index (Phi) is 12.0. The Morgan fingerprint density at radius 3 is 1.45 bits per heavy atom. The average Bonchev–Trinajstić information content (AvgIpc) is 3.88. The maximum absolute atomic E-state index is 13.2. The van der Waals surface area contributed by atoms with E-state index in [1.54, 1.807) is 72.7 Å². The standard InChI is InChI=1S/C32H37ClN12O5.ClH/c1-18(33)27(46)38-19-11-24(43(3)14-19)29(48)40-21-13-26(45(5)16-21)31(50)41-22-12-25(44(4)17-22)30(49)39-20-10-23(42(2)15-20)28(47)34-6-7-35-32-36-8-9-37-32;/h10-17H,1,6-9H2,2-5H3,(H,34,47)(H,38,46)(H,39,49)(H,40,48)(H,41,50)(H2,35,36,37);1H. The molecule has 0 radical (unpaired) electrons. The van der Waals surface area contributed by atoms with E-state index in [2.05, 4.69) is 48.8 Å². The molecule has 19 heteroatoms. The van der Waals surface area contributed by atoms with Gasteiger partial charge < -0.3 is 55.5 Å². The zero-order valence-electron chi connectivity index (χ0n) is 28.2. The summed E-state index contributed by atoms with van der Waals surface area (Å²) in [5.41, 5.74) is 2.63. The first kappa shape index (κ1) is 37.9. The summed E-state index contributed by atoms with van der Waals surface area (Å²) in [7, 11) is 6.66. The van der Waals surface area contributed by atoms with Gasteiger partial charge in [0, 0.05) is 72.6 Å². The third-order valence-electron chi connectivity index (χ3n) is 7.61. The van der Waals surface area contributed by atoms with Gasteiger partial charge in [-0.15, -0.1) is 12.4 Å². The van der Waals surface area contributed by atoms with Crippen LogP contribution in [0.15, 0.2) is 65.7 Å². The summed E-state index contributed by atoms with van der Waals surface area (Å²) in [6, 6.07) is 6.09. The molecule has 0 atom stereocenters. The van der Waals surface area contributed by atoms with Gasteiger partial charge in [0.05, 0.1) is 34.3 Å². The first-order valence-corrected chi connectivity index (χ1v) is 15.7. The van der Waals surface area contributed by atoms with Crippen LogP contribution < -0.4 is 37.2 Å². The molecule has 4 aromatic rings. The summed E-state index contributed by atoms with van der Waals surface area (Å²) in [6.45, 7) is 5.77. The van der Waals surface area contributed by atoms with Gasteiger partial charge in [0.25, 0.3) is 29.5 Å². The summed E-state index contributed by atoms with van der Waals surface area (Å²) in [5.74, 6) is -1.56. The molecule has 1 aliphatic rings. The number of carbonyl (C=O) groups excluding carboxylic acids is 5. The number of aromatic nitrogens is 4. The molecular weight excluding hydrogens is 703 g/mol. The molecule has 0 bridgehead atoms. The van der Waals surface area contributed by atoms with Gasteiger partial charge in [-0.05, 0) is 24.3 Å². The van der Waals surface area contributed by atoms with Crippen LogP contribution in [0.1, 0.15) is 42.0 Å². The number of hydrogen-bond acceptors (Lipinski definition) is 8. The molecular formula is C32H38Cl2N12O5. The minimum atomic E-state index is -0.589. The first-order chi connectivity index (χ1) is 23.8. The second-order valence-electron chi connectivity index (χ2n) is 11.5. The monoisotopic (exact) mass is 740 g/mol. The van der Waals surface area contributed by atoms with Gasteiger partial charge in [-0.1, -0.05) is 18.2 Å². The second kappa shape index (κ2) is 16.2. The molecule has 51 heavy (non-hydrogen) atoms. The topological polar surface area (TPSA) is 202 Å². The Morgan fingerprint density at radius 2 is 1.08 bits per heavy atom. The molecule has 5 heterocycles. The van der Waals surface area contributed by atoms with Crippen molar-refractivity contribution < 1.29 is 24.0 Å². The van der Waals surface area contributed by atoms with Crippen molar-refractivity contribution in [1.29, 1.82) is 0 Å². The number of carbonyl (C=O) groups is 5. The Bertz CT molecular complexity index is 2040. The van der Waals surface area contributed by atoms with Crippen molar-refractivity contribution in [3.05, 3.63) is 83.4 Å². The lowest BCUT2D eigenvalue weighted by molar-refractivity contribution is -0.112. The summed E-state index contributed by atoms with van der Waals surface area (Å²) in [5, 5.41) is 19.7. The molecule has 17 nitrogen and oxygen atoms in total. The van der Waals surface area contributed by atoms with E-state index in [0.29, 0.717) is 47.5 Å². The van der Waals surface area contributed by atoms with Crippen LogP contribution in [0.4, 0.5) is 22.7 Å². The van der Waals surface area contributed by atoms with Gasteiger partial charge in [-0.25, -0.2) is 0 Å². The van der Waals surface area contributed by atoms with Gasteiger partial charge in [-0.3, -0.25) is 29.0 Å². The second-order valence-corrected chi connectivity index (χ2v) is 11.9. The van der Waals surface area contributed by atoms with E-state index in [4.69, 9.17) is 11.6 Å². The van der Waals surface area contributed by atoms with Crippen molar-refractivity contribution in [3.63, 3.8) is 0 Å². The predicted molar refractivity (Wildman–Crippen MR) is 197 cm³/mol. The van der Waals surface area contributed by atoms with Crippen LogP contribution in [0.3, 0.4) is 0 Å². The number of nitrogens with one attached hydrogen (secondary N) is 7. The van der Waals surface area contributed by atoms with Crippen LogP contribution in [0, 0.1) is 0 Å². The van der Waals surface area contributed by atoms with Gasteiger partial charge in [-0.2, -0.15) is 0 Å². The zero-order chi connectivity index (χ0) is 36.1. The Hall–Kier alpha value is -5.94. The Balaban J connectivity index is 0.00000583. The fourth-order valence-corrected chi connectivity index (χ4v) is 5.23. The zero-order valence-corrected chi connectivity index (χ0v) is 29.8. The predicted octanol–water partition coefficient (Wildman–Crippen LogP) is 2.19. The molecule has 270 valence electrons. The molecule has 0 aromatic carbocycles. The maximum Gasteiger partial charge on any atom is 0.272 e. The number of rotatable bonds is 12. The quantitative estimate of drug-likeness (QED) is 0.0852. The Labute approximate surface area is 303 Å². The number of amides is 5. The number of halogens is 2. The minimum absolute atomic E-state index is 0. The number of aliphatic imine (C=N–C) groups is 1. The van der Waals surface area contributed by atoms with Crippen molar-refractivity contribution in [3.8, 4) is 0 Å². The van der Waals surface area contributed by atoms with Crippen molar-refractivity contribution in [2.24, 2.45) is 33.2 Å². The smallest absolute Gasteiger partial charge is 0.272 e. The average molecular weight is 742 g/mol. The molecule has 0 spiro atoms. The highest BCUT2D eigenvalue weighted by Gasteiger charge is 2.20. The number of guanidine groups is 1. The molecule has 1 aliphatic heterocycles. The fraction of sp³-hybridized carbons (Fsp3) is 0.250. The van der Waals surface area contributed by atoms with Crippen LogP contribution in [0.2, 0.25) is 0 Å². The minimum Gasteiger partial charge on any atom is -0.355 e. The third kappa shape index (κ3) is 9.20. The van der Waals surface area contributed by atoms with Gasteiger partial charge in [0.2, 0.25) is 0 Å². The summed E-state index contributed by atoms with van der Waals surface area (Å²) < 4.78 is 6.26. The third-order valence-corrected chi connectivity index (χ3v) is 7.78. The molecule has 7 N–H and O–H groups in total. The van der Waals surface area contributed by atoms with Crippen LogP contribution in [0.5, 0.6) is 0 Å². The first-order valence-electron chi connectivity index (χ1n) is 15.3. The maximum atomic E-state index is 13.2.